The number of nitrogens with zero attached hydrogens (tertiary/aromatic N) is 3. The summed E-state index contributed by atoms with van der Waals surface area (Å²) in [5.74, 6) is 0. The molecule has 0 N–H and O–H groups in total. The Balaban J connectivity index is 0.806. The van der Waals surface area contributed by atoms with E-state index in [0.717, 1.165) is 55.8 Å². The third-order valence-corrected chi connectivity index (χ3v) is 23.7. The number of benzene rings is 13. The van der Waals surface area contributed by atoms with Crippen molar-refractivity contribution in [1.29, 1.82) is 0 Å². The number of hydrogen-bond donors (Lipinski definition) is 0. The van der Waals surface area contributed by atoms with Crippen LogP contribution in [0.3, 0.4) is 0 Å². The van der Waals surface area contributed by atoms with E-state index in [1.807, 2.05) is 22.7 Å². The van der Waals surface area contributed by atoms with Crippen LogP contribution in [0, 0.1) is 0 Å². The van der Waals surface area contributed by atoms with Crippen LogP contribution in [0.25, 0.3) is 133 Å². The van der Waals surface area contributed by atoms with E-state index in [0.29, 0.717) is 0 Å². The van der Waals surface area contributed by atoms with Crippen molar-refractivity contribution in [2.75, 3.05) is 9.80 Å². The lowest BCUT2D eigenvalue weighted by atomic mass is 9.82. The minimum atomic E-state index is -0.171. The minimum Gasteiger partial charge on any atom is -0.455 e. The summed E-state index contributed by atoms with van der Waals surface area (Å²) in [6, 6.07) is 92.1. The Labute approximate surface area is 540 Å². The first-order chi connectivity index (χ1) is 44.8. The lowest BCUT2D eigenvalue weighted by Crippen LogP contribution is -2.16. The van der Waals surface area contributed by atoms with Gasteiger partial charge in [0.1, 0.15) is 11.2 Å². The Hall–Kier alpha value is -10.2. The maximum absolute atomic E-state index is 7.39. The van der Waals surface area contributed by atoms with Gasteiger partial charge in [-0.15, -0.1) is 22.7 Å². The Morgan fingerprint density at radius 2 is 0.772 bits per heavy atom. The Morgan fingerprint density at radius 1 is 0.348 bits per heavy atom. The number of anilines is 6. The summed E-state index contributed by atoms with van der Waals surface area (Å²) in [6.07, 6.45) is 0. The van der Waals surface area contributed by atoms with Gasteiger partial charge in [0, 0.05) is 114 Å². The van der Waals surface area contributed by atoms with Gasteiger partial charge in [-0.25, -0.2) is 0 Å². The Morgan fingerprint density at radius 3 is 1.35 bits per heavy atom. The van der Waals surface area contributed by atoms with Crippen LogP contribution in [-0.2, 0) is 16.2 Å². The van der Waals surface area contributed by atoms with Crippen LogP contribution in [-0.4, -0.2) is 4.40 Å². The summed E-state index contributed by atoms with van der Waals surface area (Å²) in [7, 11) is 0. The summed E-state index contributed by atoms with van der Waals surface area (Å²) in [4.78, 5) is 5.02. The number of hydrogen-bond acceptors (Lipinski definition) is 5. The van der Waals surface area contributed by atoms with Crippen molar-refractivity contribution in [1.82, 2.24) is 4.40 Å². The monoisotopic (exact) mass is 1220 g/mol. The van der Waals surface area contributed by atoms with E-state index in [4.69, 9.17) is 4.42 Å². The third kappa shape index (κ3) is 7.01. The van der Waals surface area contributed by atoms with Crippen LogP contribution in [0.15, 0.2) is 247 Å². The van der Waals surface area contributed by atoms with Crippen molar-refractivity contribution in [3.05, 3.63) is 270 Å². The van der Waals surface area contributed by atoms with E-state index in [1.54, 1.807) is 0 Å². The molecule has 2 aliphatic carbocycles. The molecule has 0 fully saturated rings. The van der Waals surface area contributed by atoms with E-state index in [9.17, 15) is 0 Å². The van der Waals surface area contributed by atoms with E-state index in [1.165, 1.54) is 140 Å². The highest BCUT2D eigenvalue weighted by Gasteiger charge is 2.38. The van der Waals surface area contributed by atoms with Crippen LogP contribution < -0.4 is 9.80 Å². The Kier molecular flexibility index (Phi) is 10.4. The van der Waals surface area contributed by atoms with Crippen molar-refractivity contribution >= 4 is 168 Å². The van der Waals surface area contributed by atoms with Gasteiger partial charge in [-0.05, 0) is 153 Å². The molecule has 0 amide bonds. The molecule has 0 aliphatic heterocycles. The van der Waals surface area contributed by atoms with Gasteiger partial charge in [0.05, 0.1) is 37.3 Å². The molecule has 6 heteroatoms. The highest BCUT2D eigenvalue weighted by atomic mass is 32.1. The molecule has 0 saturated heterocycles. The molecule has 2 aliphatic rings. The summed E-state index contributed by atoms with van der Waals surface area (Å²) in [5.41, 5.74) is 23.8. The number of fused-ring (bicyclic) bond motifs is 24. The number of furan rings is 1. The van der Waals surface area contributed by atoms with Crippen LogP contribution in [0.4, 0.5) is 34.1 Å². The van der Waals surface area contributed by atoms with Crippen molar-refractivity contribution in [3.8, 4) is 22.3 Å². The van der Waals surface area contributed by atoms with Crippen LogP contribution in [0.1, 0.15) is 76.3 Å². The van der Waals surface area contributed by atoms with Crippen LogP contribution in [0.2, 0.25) is 0 Å². The standard InChI is InChI=1S/C86H61N3OS2/c1-84(2,3)48-42-67-57-36-32-51(87(73-26-16-22-65-59-20-10-14-28-77(59)91-82(65)73)49-30-34-55-53-18-8-12-24-69(53)85(4,5)71(55)44-49)46-75(57)89-79-61-38-40-63-58-37-33-52(47-76(58)90-81(63)64(61)41-39-62(79)68(43-48)80(67)89)88(74-27-17-23-66-60-21-11-15-29-78(60)92-83(66)74)50-31-35-56-54-19-9-13-25-70(54)86(6,7)72(56)45-50/h8-47H,1-7H3. The summed E-state index contributed by atoms with van der Waals surface area (Å²) < 4.78 is 15.1. The fraction of sp³-hybridized carbons (Fsp3) is 0.116. The lowest BCUT2D eigenvalue weighted by molar-refractivity contribution is 0.592. The average molecular weight is 1220 g/mol. The minimum absolute atomic E-state index is 0.0817. The largest absolute Gasteiger partial charge is 0.455 e. The number of rotatable bonds is 6. The Bertz CT molecular complexity index is 6270. The van der Waals surface area contributed by atoms with Gasteiger partial charge in [-0.2, -0.15) is 0 Å². The lowest BCUT2D eigenvalue weighted by Gasteiger charge is -2.28. The zero-order chi connectivity index (χ0) is 61.4. The molecule has 5 aromatic heterocycles. The first-order valence-electron chi connectivity index (χ1n) is 32.2. The summed E-state index contributed by atoms with van der Waals surface area (Å²) in [6.45, 7) is 16.6. The van der Waals surface area contributed by atoms with Gasteiger partial charge in [-0.1, -0.05) is 188 Å². The highest BCUT2D eigenvalue weighted by molar-refractivity contribution is 7.26. The van der Waals surface area contributed by atoms with E-state index < -0.39 is 0 Å². The molecule has 438 valence electrons. The highest BCUT2D eigenvalue weighted by Crippen LogP contribution is 2.56. The molecule has 0 atom stereocenters. The van der Waals surface area contributed by atoms with Crippen molar-refractivity contribution in [2.45, 2.75) is 64.7 Å². The molecule has 0 radical (unpaired) electrons. The molecule has 5 heterocycles. The van der Waals surface area contributed by atoms with E-state index in [-0.39, 0.29) is 16.2 Å². The molecule has 0 bridgehead atoms. The number of thiophene rings is 2. The molecule has 18 aromatic rings. The van der Waals surface area contributed by atoms with Crippen molar-refractivity contribution < 1.29 is 4.42 Å². The van der Waals surface area contributed by atoms with Crippen molar-refractivity contribution in [2.24, 2.45) is 0 Å². The van der Waals surface area contributed by atoms with Gasteiger partial charge in [0.25, 0.3) is 0 Å². The molecule has 0 spiro atoms. The second kappa shape index (κ2) is 18.3. The molecule has 92 heavy (non-hydrogen) atoms. The van der Waals surface area contributed by atoms with Gasteiger partial charge in [0.2, 0.25) is 0 Å². The van der Waals surface area contributed by atoms with Gasteiger partial charge < -0.3 is 18.6 Å². The molecule has 13 aromatic carbocycles. The molecule has 20 rings (SSSR count). The van der Waals surface area contributed by atoms with Gasteiger partial charge in [0.15, 0.2) is 0 Å². The fourth-order valence-corrected chi connectivity index (χ4v) is 19.1. The van der Waals surface area contributed by atoms with Crippen molar-refractivity contribution in [3.63, 3.8) is 0 Å². The molecular weight excluding hydrogens is 1160 g/mol. The average Bonchev–Trinajstić information content (AvgIpc) is 1.53. The van der Waals surface area contributed by atoms with E-state index >= 15 is 0 Å². The quantitative estimate of drug-likeness (QED) is 0.166. The molecular formula is C86H61N3OS2. The predicted molar refractivity (Wildman–Crippen MR) is 395 cm³/mol. The predicted octanol–water partition coefficient (Wildman–Crippen LogP) is 25.5. The molecule has 0 saturated carbocycles. The molecule has 0 unspecified atom stereocenters. The summed E-state index contributed by atoms with van der Waals surface area (Å²) in [5, 5.41) is 14.6. The second-order valence-electron chi connectivity index (χ2n) is 28.0. The van der Waals surface area contributed by atoms with Gasteiger partial charge in [-0.3, -0.25) is 0 Å². The first kappa shape index (κ1) is 52.5. The topological polar surface area (TPSA) is 24.0 Å². The van der Waals surface area contributed by atoms with Crippen LogP contribution in [0.5, 0.6) is 0 Å². The maximum atomic E-state index is 7.39. The van der Waals surface area contributed by atoms with E-state index in [2.05, 4.69) is 305 Å². The number of aromatic nitrogens is 1. The third-order valence-electron chi connectivity index (χ3n) is 21.2. The summed E-state index contributed by atoms with van der Waals surface area (Å²) >= 11 is 3.76. The first-order valence-corrected chi connectivity index (χ1v) is 33.8. The van der Waals surface area contributed by atoms with Crippen LogP contribution >= 0.6 is 22.7 Å². The fourth-order valence-electron chi connectivity index (χ4n) is 16.7. The zero-order valence-electron chi connectivity index (χ0n) is 52.2. The smallest absolute Gasteiger partial charge is 0.143 e. The molecule has 4 nitrogen and oxygen atoms in total. The maximum Gasteiger partial charge on any atom is 0.143 e. The SMILES string of the molecule is CC(C)(C)c1cc2c3ccc(N(c4ccc5c(c4)C(C)(C)c4ccccc4-5)c4cccc5c4sc4ccccc45)cc3n3c4c5ccc6c7ccc(N(c8ccc9c(c8)C(C)(C)c8ccccc8-9)c8cccc9c8sc8ccccc89)cc7oc6c5ccc4c(c1)c23. The normalized spacial score (nSPS) is 14.2. The zero-order valence-corrected chi connectivity index (χ0v) is 53.8. The second-order valence-corrected chi connectivity index (χ2v) is 30.1. The van der Waals surface area contributed by atoms with Gasteiger partial charge >= 0.3 is 0 Å².